The van der Waals surface area contributed by atoms with Crippen LogP contribution >= 0.6 is 0 Å². The van der Waals surface area contributed by atoms with Gasteiger partial charge >= 0.3 is 0 Å². The Labute approximate surface area is 141 Å². The van der Waals surface area contributed by atoms with E-state index in [0.29, 0.717) is 0 Å². The van der Waals surface area contributed by atoms with E-state index in [1.807, 2.05) is 0 Å². The normalized spacial score (nSPS) is 15.3. The van der Waals surface area contributed by atoms with E-state index in [4.69, 9.17) is 9.47 Å². The average Bonchev–Trinajstić information content (AvgIpc) is 2.94. The molecule has 24 heavy (non-hydrogen) atoms. The number of ether oxygens (including phenoxy) is 2. The molecule has 0 unspecified atom stereocenters. The number of rotatable bonds is 1. The van der Waals surface area contributed by atoms with Gasteiger partial charge < -0.3 is 14.0 Å². The molecule has 0 spiro atoms. The second kappa shape index (κ2) is 5.45. The standard InChI is InChI=1S/C21H19NO2/c1-2-5-15(6-3-1)17-11-19-18-13-21-20(23-9-4-10-24-21)12-16(18)7-8-22(19)14-17/h1-3,5-6,11-14H,4,7-10H2. The van der Waals surface area contributed by atoms with Crippen molar-refractivity contribution in [1.82, 2.24) is 4.57 Å². The predicted octanol–water partition coefficient (Wildman–Crippen LogP) is 4.54. The molecule has 0 amide bonds. The van der Waals surface area contributed by atoms with E-state index < -0.39 is 0 Å². The first kappa shape index (κ1) is 13.7. The second-order valence-electron chi connectivity index (χ2n) is 6.43. The molecule has 0 aliphatic carbocycles. The second-order valence-corrected chi connectivity index (χ2v) is 6.43. The topological polar surface area (TPSA) is 23.4 Å². The minimum atomic E-state index is 0.724. The van der Waals surface area contributed by atoms with Gasteiger partial charge in [0.1, 0.15) is 0 Å². The van der Waals surface area contributed by atoms with Crippen LogP contribution in [0, 0.1) is 0 Å². The van der Waals surface area contributed by atoms with Gasteiger partial charge in [0.05, 0.1) is 13.2 Å². The van der Waals surface area contributed by atoms with Crippen molar-refractivity contribution in [3.63, 3.8) is 0 Å². The van der Waals surface area contributed by atoms with E-state index in [-0.39, 0.29) is 0 Å². The fourth-order valence-corrected chi connectivity index (χ4v) is 3.65. The van der Waals surface area contributed by atoms with Crippen molar-refractivity contribution in [2.75, 3.05) is 13.2 Å². The van der Waals surface area contributed by atoms with Gasteiger partial charge in [-0.1, -0.05) is 30.3 Å². The number of nitrogens with zero attached hydrogens (tertiary/aromatic N) is 1. The van der Waals surface area contributed by atoms with Crippen LogP contribution in [0.25, 0.3) is 22.4 Å². The summed E-state index contributed by atoms with van der Waals surface area (Å²) in [5, 5.41) is 0. The van der Waals surface area contributed by atoms with E-state index in [2.05, 4.69) is 59.3 Å². The van der Waals surface area contributed by atoms with Crippen molar-refractivity contribution in [2.24, 2.45) is 0 Å². The van der Waals surface area contributed by atoms with Gasteiger partial charge in [-0.25, -0.2) is 0 Å². The van der Waals surface area contributed by atoms with Crippen LogP contribution in [-0.2, 0) is 13.0 Å². The number of fused-ring (bicyclic) bond motifs is 4. The van der Waals surface area contributed by atoms with Crippen molar-refractivity contribution < 1.29 is 9.47 Å². The molecule has 3 heteroatoms. The Morgan fingerprint density at radius 2 is 1.62 bits per heavy atom. The molecule has 2 aliphatic heterocycles. The molecule has 5 rings (SSSR count). The molecule has 2 aliphatic rings. The molecule has 0 bridgehead atoms. The third-order valence-electron chi connectivity index (χ3n) is 4.88. The van der Waals surface area contributed by atoms with Crippen LogP contribution in [0.5, 0.6) is 11.5 Å². The largest absolute Gasteiger partial charge is 0.490 e. The Hall–Kier alpha value is -2.68. The van der Waals surface area contributed by atoms with Crippen molar-refractivity contribution in [2.45, 2.75) is 19.4 Å². The van der Waals surface area contributed by atoms with Crippen LogP contribution in [0.4, 0.5) is 0 Å². The first-order valence-corrected chi connectivity index (χ1v) is 8.57. The Kier molecular flexibility index (Phi) is 3.12. The van der Waals surface area contributed by atoms with Crippen LogP contribution < -0.4 is 9.47 Å². The highest BCUT2D eigenvalue weighted by molar-refractivity contribution is 5.76. The minimum absolute atomic E-state index is 0.724. The summed E-state index contributed by atoms with van der Waals surface area (Å²) in [5.74, 6) is 1.77. The van der Waals surface area contributed by atoms with Crippen molar-refractivity contribution in [3.8, 4) is 33.9 Å². The lowest BCUT2D eigenvalue weighted by Gasteiger charge is -2.21. The van der Waals surface area contributed by atoms with Crippen LogP contribution in [-0.4, -0.2) is 17.8 Å². The molecule has 0 fully saturated rings. The summed E-state index contributed by atoms with van der Waals surface area (Å²) in [4.78, 5) is 0. The average molecular weight is 317 g/mol. The van der Waals surface area contributed by atoms with Gasteiger partial charge in [0.15, 0.2) is 11.5 Å². The molecular weight excluding hydrogens is 298 g/mol. The van der Waals surface area contributed by atoms with E-state index in [1.165, 1.54) is 27.9 Å². The van der Waals surface area contributed by atoms with Gasteiger partial charge in [0.2, 0.25) is 0 Å². The number of hydrogen-bond donors (Lipinski definition) is 0. The molecule has 2 aromatic carbocycles. The molecule has 3 heterocycles. The molecule has 3 aromatic rings. The number of aromatic nitrogens is 1. The maximum absolute atomic E-state index is 5.89. The van der Waals surface area contributed by atoms with Crippen LogP contribution in [0.15, 0.2) is 54.7 Å². The SMILES string of the molecule is c1ccc(-c2cc3n(c2)CCc2cc4c(cc2-3)OCCCO4)cc1. The maximum atomic E-state index is 5.89. The van der Waals surface area contributed by atoms with Gasteiger partial charge in [0, 0.05) is 30.4 Å². The van der Waals surface area contributed by atoms with Gasteiger partial charge in [-0.05, 0) is 41.3 Å². The zero-order valence-corrected chi connectivity index (χ0v) is 13.5. The molecular formula is C21H19NO2. The van der Waals surface area contributed by atoms with E-state index in [1.54, 1.807) is 0 Å². The third-order valence-corrected chi connectivity index (χ3v) is 4.88. The van der Waals surface area contributed by atoms with E-state index in [0.717, 1.165) is 44.1 Å². The number of hydrogen-bond acceptors (Lipinski definition) is 2. The summed E-state index contributed by atoms with van der Waals surface area (Å²) >= 11 is 0. The predicted molar refractivity (Wildman–Crippen MR) is 94.6 cm³/mol. The van der Waals surface area contributed by atoms with Crippen molar-refractivity contribution in [1.29, 1.82) is 0 Å². The monoisotopic (exact) mass is 317 g/mol. The summed E-state index contributed by atoms with van der Waals surface area (Å²) in [6.07, 6.45) is 4.23. The number of aryl methyl sites for hydroxylation is 2. The highest BCUT2D eigenvalue weighted by atomic mass is 16.5. The highest BCUT2D eigenvalue weighted by Crippen LogP contribution is 2.41. The molecule has 0 N–H and O–H groups in total. The van der Waals surface area contributed by atoms with Crippen LogP contribution in [0.2, 0.25) is 0 Å². The Morgan fingerprint density at radius 3 is 2.46 bits per heavy atom. The molecule has 0 saturated heterocycles. The summed E-state index contributed by atoms with van der Waals surface area (Å²) in [6, 6.07) is 17.2. The highest BCUT2D eigenvalue weighted by Gasteiger charge is 2.22. The summed E-state index contributed by atoms with van der Waals surface area (Å²) in [7, 11) is 0. The smallest absolute Gasteiger partial charge is 0.161 e. The zero-order chi connectivity index (χ0) is 15.9. The lowest BCUT2D eigenvalue weighted by molar-refractivity contribution is 0.297. The van der Waals surface area contributed by atoms with Gasteiger partial charge in [-0.15, -0.1) is 0 Å². The molecule has 0 atom stereocenters. The van der Waals surface area contributed by atoms with Crippen molar-refractivity contribution in [3.05, 3.63) is 60.3 Å². The van der Waals surface area contributed by atoms with Gasteiger partial charge in [-0.2, -0.15) is 0 Å². The van der Waals surface area contributed by atoms with Crippen LogP contribution in [0.1, 0.15) is 12.0 Å². The first-order valence-electron chi connectivity index (χ1n) is 8.57. The lowest BCUT2D eigenvalue weighted by Crippen LogP contribution is -2.10. The van der Waals surface area contributed by atoms with E-state index in [9.17, 15) is 0 Å². The third kappa shape index (κ3) is 2.20. The molecule has 0 radical (unpaired) electrons. The van der Waals surface area contributed by atoms with Gasteiger partial charge in [0.25, 0.3) is 0 Å². The molecule has 3 nitrogen and oxygen atoms in total. The van der Waals surface area contributed by atoms with E-state index >= 15 is 0 Å². The Balaban J connectivity index is 1.63. The Bertz CT molecular complexity index is 896. The fraction of sp³-hybridized carbons (Fsp3) is 0.238. The summed E-state index contributed by atoms with van der Waals surface area (Å²) in [6.45, 7) is 2.47. The quantitative estimate of drug-likeness (QED) is 0.658. The van der Waals surface area contributed by atoms with Crippen molar-refractivity contribution >= 4 is 0 Å². The molecule has 120 valence electrons. The fourth-order valence-electron chi connectivity index (χ4n) is 3.65. The lowest BCUT2D eigenvalue weighted by atomic mass is 9.97. The summed E-state index contributed by atoms with van der Waals surface area (Å²) in [5.41, 5.74) is 6.42. The first-order chi connectivity index (χ1) is 11.9. The molecule has 1 aromatic heterocycles. The minimum Gasteiger partial charge on any atom is -0.490 e. The molecule has 0 saturated carbocycles. The number of benzene rings is 2. The maximum Gasteiger partial charge on any atom is 0.161 e. The zero-order valence-electron chi connectivity index (χ0n) is 13.5. The van der Waals surface area contributed by atoms with Crippen LogP contribution in [0.3, 0.4) is 0 Å². The Morgan fingerprint density at radius 1 is 0.833 bits per heavy atom. The summed E-state index contributed by atoms with van der Waals surface area (Å²) < 4.78 is 14.1. The van der Waals surface area contributed by atoms with Gasteiger partial charge in [-0.3, -0.25) is 0 Å².